The van der Waals surface area contributed by atoms with Gasteiger partial charge in [-0.05, 0) is 41.8 Å². The molecule has 0 spiro atoms. The highest BCUT2D eigenvalue weighted by Crippen LogP contribution is 2.26. The van der Waals surface area contributed by atoms with Crippen LogP contribution in [-0.2, 0) is 13.6 Å². The molecule has 0 unspecified atom stereocenters. The van der Waals surface area contributed by atoms with E-state index in [-0.39, 0.29) is 0 Å². The summed E-state index contributed by atoms with van der Waals surface area (Å²) in [6.45, 7) is 2.50. The van der Waals surface area contributed by atoms with Gasteiger partial charge < -0.3 is 10.3 Å². The van der Waals surface area contributed by atoms with E-state index in [0.717, 1.165) is 33.5 Å². The van der Waals surface area contributed by atoms with Crippen LogP contribution in [0.2, 0.25) is 0 Å². The standard InChI is InChI=1S/C15H16N4/c1-10-18-14-7-11(3-4-15(14)19(10)2)13-5-6-17-9-12(13)8-16/h3-7,9H,8,16H2,1-2H3. The van der Waals surface area contributed by atoms with Crippen molar-refractivity contribution in [1.29, 1.82) is 0 Å². The minimum atomic E-state index is 0.489. The molecule has 0 saturated carbocycles. The smallest absolute Gasteiger partial charge is 0.106 e. The molecule has 0 fully saturated rings. The number of imidazole rings is 1. The van der Waals surface area contributed by atoms with E-state index in [1.165, 1.54) is 0 Å². The third-order valence-corrected chi connectivity index (χ3v) is 3.54. The average Bonchev–Trinajstić information content (AvgIpc) is 2.73. The first-order chi connectivity index (χ1) is 9.20. The van der Waals surface area contributed by atoms with Crippen LogP contribution in [0.5, 0.6) is 0 Å². The Morgan fingerprint density at radius 1 is 1.26 bits per heavy atom. The quantitative estimate of drug-likeness (QED) is 0.762. The van der Waals surface area contributed by atoms with Crippen molar-refractivity contribution in [2.24, 2.45) is 12.8 Å². The molecule has 0 aliphatic rings. The van der Waals surface area contributed by atoms with E-state index in [0.29, 0.717) is 6.54 Å². The van der Waals surface area contributed by atoms with Crippen LogP contribution < -0.4 is 5.73 Å². The van der Waals surface area contributed by atoms with Gasteiger partial charge in [-0.3, -0.25) is 4.98 Å². The number of hydrogen-bond donors (Lipinski definition) is 1. The van der Waals surface area contributed by atoms with Crippen LogP contribution in [0.1, 0.15) is 11.4 Å². The highest BCUT2D eigenvalue weighted by molar-refractivity contribution is 5.83. The van der Waals surface area contributed by atoms with Crippen LogP contribution in [0.25, 0.3) is 22.2 Å². The third kappa shape index (κ3) is 1.90. The molecule has 1 aromatic carbocycles. The third-order valence-electron chi connectivity index (χ3n) is 3.54. The Hall–Kier alpha value is -2.20. The second-order valence-electron chi connectivity index (χ2n) is 4.66. The van der Waals surface area contributed by atoms with Crippen molar-refractivity contribution < 1.29 is 0 Å². The van der Waals surface area contributed by atoms with Gasteiger partial charge in [0.1, 0.15) is 5.82 Å². The molecular formula is C15H16N4. The highest BCUT2D eigenvalue weighted by Gasteiger charge is 2.08. The van der Waals surface area contributed by atoms with Gasteiger partial charge in [0.25, 0.3) is 0 Å². The molecule has 0 amide bonds. The van der Waals surface area contributed by atoms with Gasteiger partial charge in [-0.1, -0.05) is 6.07 Å². The molecular weight excluding hydrogens is 236 g/mol. The van der Waals surface area contributed by atoms with Crippen LogP contribution >= 0.6 is 0 Å². The number of pyridine rings is 1. The van der Waals surface area contributed by atoms with Gasteiger partial charge in [-0.25, -0.2) is 4.98 Å². The Labute approximate surface area is 111 Å². The van der Waals surface area contributed by atoms with Gasteiger partial charge >= 0.3 is 0 Å². The lowest BCUT2D eigenvalue weighted by atomic mass is 10.0. The molecule has 3 rings (SSSR count). The zero-order valence-electron chi connectivity index (χ0n) is 11.1. The molecule has 2 N–H and O–H groups in total. The lowest BCUT2D eigenvalue weighted by molar-refractivity contribution is 0.886. The number of nitrogens with zero attached hydrogens (tertiary/aromatic N) is 3. The van der Waals surface area contributed by atoms with E-state index in [1.807, 2.05) is 26.2 Å². The van der Waals surface area contributed by atoms with Gasteiger partial charge in [-0.15, -0.1) is 0 Å². The highest BCUT2D eigenvalue weighted by atomic mass is 15.0. The van der Waals surface area contributed by atoms with E-state index in [1.54, 1.807) is 6.20 Å². The first kappa shape index (κ1) is 11.9. The predicted octanol–water partition coefficient (Wildman–Crippen LogP) is 2.40. The van der Waals surface area contributed by atoms with Crippen LogP contribution in [0.15, 0.2) is 36.7 Å². The molecule has 96 valence electrons. The Kier molecular flexibility index (Phi) is 2.80. The zero-order valence-corrected chi connectivity index (χ0v) is 11.1. The van der Waals surface area contributed by atoms with Gasteiger partial charge in [0.15, 0.2) is 0 Å². The Morgan fingerprint density at radius 3 is 2.89 bits per heavy atom. The zero-order chi connectivity index (χ0) is 13.4. The summed E-state index contributed by atoms with van der Waals surface area (Å²) in [4.78, 5) is 8.69. The van der Waals surface area contributed by atoms with Crippen molar-refractivity contribution >= 4 is 11.0 Å². The number of aryl methyl sites for hydroxylation is 2. The largest absolute Gasteiger partial charge is 0.331 e. The number of rotatable bonds is 2. The minimum absolute atomic E-state index is 0.489. The SMILES string of the molecule is Cc1nc2cc(-c3ccncc3CN)ccc2n1C. The second kappa shape index (κ2) is 4.48. The van der Waals surface area contributed by atoms with E-state index in [2.05, 4.69) is 32.7 Å². The molecule has 4 nitrogen and oxygen atoms in total. The summed E-state index contributed by atoms with van der Waals surface area (Å²) in [5.74, 6) is 1.01. The molecule has 0 atom stereocenters. The van der Waals surface area contributed by atoms with Crippen LogP contribution in [0, 0.1) is 6.92 Å². The number of nitrogens with two attached hydrogens (primary N) is 1. The monoisotopic (exact) mass is 252 g/mol. The normalized spacial score (nSPS) is 11.1. The van der Waals surface area contributed by atoms with Crippen molar-refractivity contribution in [3.63, 3.8) is 0 Å². The molecule has 4 heteroatoms. The summed E-state index contributed by atoms with van der Waals surface area (Å²) in [5, 5.41) is 0. The average molecular weight is 252 g/mol. The van der Waals surface area contributed by atoms with Gasteiger partial charge in [-0.2, -0.15) is 0 Å². The van der Waals surface area contributed by atoms with Crippen molar-refractivity contribution in [3.05, 3.63) is 48.0 Å². The molecule has 0 bridgehead atoms. The van der Waals surface area contributed by atoms with Crippen LogP contribution in [-0.4, -0.2) is 14.5 Å². The van der Waals surface area contributed by atoms with E-state index in [4.69, 9.17) is 5.73 Å². The van der Waals surface area contributed by atoms with Crippen molar-refractivity contribution in [2.45, 2.75) is 13.5 Å². The fourth-order valence-corrected chi connectivity index (χ4v) is 2.36. The first-order valence-corrected chi connectivity index (χ1v) is 6.27. The maximum Gasteiger partial charge on any atom is 0.106 e. The van der Waals surface area contributed by atoms with Crippen molar-refractivity contribution in [1.82, 2.24) is 14.5 Å². The van der Waals surface area contributed by atoms with E-state index in [9.17, 15) is 0 Å². The lowest BCUT2D eigenvalue weighted by Gasteiger charge is -2.07. The first-order valence-electron chi connectivity index (χ1n) is 6.27. The van der Waals surface area contributed by atoms with Crippen LogP contribution in [0.3, 0.4) is 0 Å². The summed E-state index contributed by atoms with van der Waals surface area (Å²) in [7, 11) is 2.03. The topological polar surface area (TPSA) is 56.7 Å². The van der Waals surface area contributed by atoms with E-state index < -0.39 is 0 Å². The number of aromatic nitrogens is 3. The maximum atomic E-state index is 5.77. The maximum absolute atomic E-state index is 5.77. The number of fused-ring (bicyclic) bond motifs is 1. The summed E-state index contributed by atoms with van der Waals surface area (Å²) in [6.07, 6.45) is 3.62. The fourth-order valence-electron chi connectivity index (χ4n) is 2.36. The molecule has 0 aliphatic heterocycles. The number of hydrogen-bond acceptors (Lipinski definition) is 3. The van der Waals surface area contributed by atoms with Gasteiger partial charge in [0.05, 0.1) is 11.0 Å². The molecule has 2 aromatic heterocycles. The van der Waals surface area contributed by atoms with Gasteiger partial charge in [0.2, 0.25) is 0 Å². The molecule has 3 aromatic rings. The fraction of sp³-hybridized carbons (Fsp3) is 0.200. The molecule has 2 heterocycles. The number of benzene rings is 1. The molecule has 0 aliphatic carbocycles. The molecule has 0 radical (unpaired) electrons. The summed E-state index contributed by atoms with van der Waals surface area (Å²) in [6, 6.07) is 8.32. The Bertz CT molecular complexity index is 743. The molecule has 19 heavy (non-hydrogen) atoms. The second-order valence-corrected chi connectivity index (χ2v) is 4.66. The molecule has 0 saturated heterocycles. The minimum Gasteiger partial charge on any atom is -0.331 e. The summed E-state index contributed by atoms with van der Waals surface area (Å²) < 4.78 is 2.09. The summed E-state index contributed by atoms with van der Waals surface area (Å²) >= 11 is 0. The van der Waals surface area contributed by atoms with E-state index >= 15 is 0 Å². The lowest BCUT2D eigenvalue weighted by Crippen LogP contribution is -1.99. The Morgan fingerprint density at radius 2 is 2.11 bits per heavy atom. The summed E-state index contributed by atoms with van der Waals surface area (Å²) in [5.41, 5.74) is 11.2. The van der Waals surface area contributed by atoms with Crippen LogP contribution in [0.4, 0.5) is 0 Å². The predicted molar refractivity (Wildman–Crippen MR) is 76.6 cm³/mol. The van der Waals surface area contributed by atoms with Gasteiger partial charge in [0, 0.05) is 26.0 Å². The van der Waals surface area contributed by atoms with Crippen molar-refractivity contribution in [3.8, 4) is 11.1 Å². The Balaban J connectivity index is 2.20. The van der Waals surface area contributed by atoms with Crippen molar-refractivity contribution in [2.75, 3.05) is 0 Å².